The van der Waals surface area contributed by atoms with Crippen molar-refractivity contribution in [2.45, 2.75) is 98.1 Å². The standard InChI is InChI=1S/C27H24FNO3S.C25H21ClFNO3S.C8H15BO2.CH4/c1-4-17-12-22(20-15-33-27-19(20)6-5-7-21(27)28)29-23(13-17)25(31)11-10-24(30)18-9-8-16(2)26(14-18)32-3;1-14-6-7-15(10-24(14)31-2)22(29)8-9-23(30)21-12-16(26)11-20(28-21)18-13-32-25-17(18)4-3-5-19(25)27;1-6-9-10-7(2,3)8(4,5)11-9;/h4-9,12-15,25,31H,1,10-11H2,2-3H3;3-7,10-13,23,30H,8-9H2,1-2H3;6H,1H2,2-5H3;1H4. The molecule has 0 amide bonds. The lowest BCUT2D eigenvalue weighted by Crippen LogP contribution is -2.41. The maximum atomic E-state index is 14.1. The van der Waals surface area contributed by atoms with Crippen molar-refractivity contribution in [3.8, 4) is 34.0 Å². The van der Waals surface area contributed by atoms with Crippen LogP contribution in [0.4, 0.5) is 8.78 Å². The van der Waals surface area contributed by atoms with Crippen LogP contribution in [0.25, 0.3) is 48.8 Å². The number of aryl methyl sites for hydroxylation is 2. The highest BCUT2D eigenvalue weighted by Crippen LogP contribution is 2.39. The smallest absolute Gasteiger partial charge is 0.486 e. The summed E-state index contributed by atoms with van der Waals surface area (Å²) >= 11 is 8.91. The summed E-state index contributed by atoms with van der Waals surface area (Å²) in [4.78, 5) is 34.5. The third kappa shape index (κ3) is 14.0. The van der Waals surface area contributed by atoms with E-state index in [2.05, 4.69) is 23.1 Å². The predicted molar refractivity (Wildman–Crippen MR) is 311 cm³/mol. The molecule has 0 bridgehead atoms. The molecule has 1 aliphatic heterocycles. The van der Waals surface area contributed by atoms with Crippen molar-refractivity contribution >= 4 is 79.2 Å². The third-order valence-corrected chi connectivity index (χ3v) is 15.7. The quantitative estimate of drug-likeness (QED) is 0.0710. The molecule has 2 atom stereocenters. The van der Waals surface area contributed by atoms with Crippen molar-refractivity contribution < 1.29 is 47.4 Å². The van der Waals surface area contributed by atoms with Crippen LogP contribution in [0.3, 0.4) is 0 Å². The molecule has 0 radical (unpaired) electrons. The Hall–Kier alpha value is -6.43. The summed E-state index contributed by atoms with van der Waals surface area (Å²) in [5.74, 6) is 2.26. The second kappa shape index (κ2) is 25.8. The van der Waals surface area contributed by atoms with Crippen LogP contribution in [0.5, 0.6) is 11.5 Å². The summed E-state index contributed by atoms with van der Waals surface area (Å²) < 4.78 is 51.1. The first-order valence-electron chi connectivity index (χ1n) is 24.5. The van der Waals surface area contributed by atoms with E-state index in [1.54, 1.807) is 80.9 Å². The molecule has 5 heterocycles. The number of benzene rings is 4. The van der Waals surface area contributed by atoms with Crippen molar-refractivity contribution in [3.05, 3.63) is 183 Å². The number of aromatic nitrogens is 2. The van der Waals surface area contributed by atoms with Gasteiger partial charge in [0.2, 0.25) is 0 Å². The minimum absolute atomic E-state index is 0. The first kappa shape index (κ1) is 59.8. The normalized spacial score (nSPS) is 14.1. The van der Waals surface area contributed by atoms with E-state index < -0.39 is 12.2 Å². The number of halogens is 3. The predicted octanol–water partition coefficient (Wildman–Crippen LogP) is 16.0. The Morgan fingerprint density at radius 3 is 1.56 bits per heavy atom. The molecule has 2 unspecified atom stereocenters. The van der Waals surface area contributed by atoms with Gasteiger partial charge in [-0.15, -0.1) is 29.3 Å². The molecular formula is C61H64BClF2N2O8S2. The van der Waals surface area contributed by atoms with E-state index in [1.165, 1.54) is 34.8 Å². The zero-order chi connectivity index (χ0) is 55.1. The van der Waals surface area contributed by atoms with Crippen molar-refractivity contribution in [3.63, 3.8) is 0 Å². The van der Waals surface area contributed by atoms with Crippen molar-refractivity contribution in [2.24, 2.45) is 0 Å². The van der Waals surface area contributed by atoms with Crippen LogP contribution in [0.15, 0.2) is 127 Å². The van der Waals surface area contributed by atoms with Gasteiger partial charge in [0.15, 0.2) is 11.6 Å². The number of pyridine rings is 2. The van der Waals surface area contributed by atoms with Gasteiger partial charge in [0.05, 0.1) is 69.8 Å². The van der Waals surface area contributed by atoms with Gasteiger partial charge in [0.1, 0.15) is 23.1 Å². The number of fused-ring (bicyclic) bond motifs is 2. The molecule has 4 aromatic carbocycles. The van der Waals surface area contributed by atoms with Gasteiger partial charge in [0, 0.05) is 61.7 Å². The Kier molecular flexibility index (Phi) is 20.1. The van der Waals surface area contributed by atoms with E-state index in [9.17, 15) is 28.6 Å². The van der Waals surface area contributed by atoms with Gasteiger partial charge in [-0.25, -0.2) is 18.7 Å². The summed E-state index contributed by atoms with van der Waals surface area (Å²) in [6.45, 7) is 19.4. The molecule has 1 fully saturated rings. The number of ether oxygens (including phenoxy) is 2. The van der Waals surface area contributed by atoms with Crippen LogP contribution < -0.4 is 9.47 Å². The largest absolute Gasteiger partial charge is 0.496 e. The van der Waals surface area contributed by atoms with Gasteiger partial charge < -0.3 is 29.0 Å². The average Bonchev–Trinajstić information content (AvgIpc) is 4.12. The summed E-state index contributed by atoms with van der Waals surface area (Å²) in [5.41, 5.74) is 6.87. The third-order valence-electron chi connectivity index (χ3n) is 13.5. The summed E-state index contributed by atoms with van der Waals surface area (Å²) in [7, 11) is 2.88. The maximum absolute atomic E-state index is 14.1. The van der Waals surface area contributed by atoms with Crippen LogP contribution in [0, 0.1) is 25.5 Å². The van der Waals surface area contributed by atoms with E-state index in [-0.39, 0.29) is 74.6 Å². The zero-order valence-electron chi connectivity index (χ0n) is 43.7. The molecule has 77 heavy (non-hydrogen) atoms. The van der Waals surface area contributed by atoms with E-state index >= 15 is 0 Å². The molecule has 10 nitrogen and oxygen atoms in total. The Balaban J connectivity index is 0.000000206. The lowest BCUT2D eigenvalue weighted by atomic mass is 9.90. The summed E-state index contributed by atoms with van der Waals surface area (Å²) in [5, 5.41) is 27.2. The minimum Gasteiger partial charge on any atom is -0.496 e. The number of ketones is 2. The number of nitrogens with zero attached hydrogens (tertiary/aromatic N) is 2. The van der Waals surface area contributed by atoms with Crippen molar-refractivity contribution in [1.29, 1.82) is 0 Å². The van der Waals surface area contributed by atoms with E-state index in [0.717, 1.165) is 38.6 Å². The van der Waals surface area contributed by atoms with Gasteiger partial charge in [-0.05, 0) is 120 Å². The van der Waals surface area contributed by atoms with Crippen LogP contribution in [-0.2, 0) is 9.31 Å². The first-order chi connectivity index (χ1) is 36.2. The van der Waals surface area contributed by atoms with E-state index in [0.29, 0.717) is 59.8 Å². The molecule has 16 heteroatoms. The highest BCUT2D eigenvalue weighted by molar-refractivity contribution is 7.18. The number of Topliss-reactive ketones (excluding diaryl/α,β-unsaturated/α-hetero) is 2. The number of carbonyl (C=O) groups excluding carboxylic acids is 2. The van der Waals surface area contributed by atoms with Gasteiger partial charge in [-0.3, -0.25) is 9.59 Å². The highest BCUT2D eigenvalue weighted by Gasteiger charge is 2.49. The van der Waals surface area contributed by atoms with Crippen LogP contribution in [0.2, 0.25) is 5.02 Å². The van der Waals surface area contributed by atoms with Crippen molar-refractivity contribution in [2.75, 3.05) is 14.2 Å². The van der Waals surface area contributed by atoms with Gasteiger partial charge in [0.25, 0.3) is 0 Å². The number of aliphatic hydroxyl groups is 2. The Bertz CT molecular complexity index is 3420. The molecule has 1 aliphatic rings. The average molecular weight is 1100 g/mol. The SMILES string of the molecule is C.C=CB1OC(C)(C)C(C)(C)O1.C=Cc1cc(-c2csc3c(F)cccc23)nc(C(O)CCC(=O)c2ccc(C)c(OC)c2)c1.COc1cc(C(=O)CCC(O)c2cc(Cl)cc(-c3csc4c(F)cccc34)n2)ccc1C. The lowest BCUT2D eigenvalue weighted by molar-refractivity contribution is 0.00578. The fraction of sp³-hybridized carbons (Fsp3) is 0.279. The van der Waals surface area contributed by atoms with Crippen LogP contribution in [0.1, 0.15) is 122 Å². The van der Waals surface area contributed by atoms with Gasteiger partial charge in [-0.1, -0.05) is 86.2 Å². The zero-order valence-corrected chi connectivity index (χ0v) is 46.1. The van der Waals surface area contributed by atoms with Gasteiger partial charge >= 0.3 is 7.12 Å². The topological polar surface area (TPSA) is 137 Å². The fourth-order valence-corrected chi connectivity index (χ4v) is 10.5. The maximum Gasteiger partial charge on any atom is 0.486 e. The molecule has 1 saturated heterocycles. The molecule has 2 N–H and O–H groups in total. The molecule has 0 saturated carbocycles. The second-order valence-corrected chi connectivity index (χ2v) is 21.4. The molecule has 4 aromatic heterocycles. The summed E-state index contributed by atoms with van der Waals surface area (Å²) in [6, 6.07) is 27.4. The van der Waals surface area contributed by atoms with E-state index in [4.69, 9.17) is 30.4 Å². The number of methoxy groups -OCH3 is 2. The Labute approximate surface area is 463 Å². The Morgan fingerprint density at radius 1 is 0.701 bits per heavy atom. The first-order valence-corrected chi connectivity index (χ1v) is 26.6. The summed E-state index contributed by atoms with van der Waals surface area (Å²) in [6.07, 6.45) is 0.507. The number of hydrogen-bond acceptors (Lipinski definition) is 12. The van der Waals surface area contributed by atoms with E-state index in [1.807, 2.05) is 82.6 Å². The lowest BCUT2D eigenvalue weighted by Gasteiger charge is -2.32. The second-order valence-electron chi connectivity index (χ2n) is 19.2. The number of rotatable bonds is 16. The number of thiophene rings is 2. The number of carbonyl (C=O) groups is 2. The monoisotopic (exact) mass is 1100 g/mol. The number of aliphatic hydroxyl groups excluding tert-OH is 2. The fourth-order valence-electron chi connectivity index (χ4n) is 8.36. The molecule has 0 spiro atoms. The highest BCUT2D eigenvalue weighted by atomic mass is 35.5. The number of hydrogen-bond donors (Lipinski definition) is 2. The van der Waals surface area contributed by atoms with Crippen LogP contribution in [-0.4, -0.2) is 64.3 Å². The van der Waals surface area contributed by atoms with Gasteiger partial charge in [-0.2, -0.15) is 0 Å². The van der Waals surface area contributed by atoms with Crippen molar-refractivity contribution in [1.82, 2.24) is 9.97 Å². The minimum atomic E-state index is -0.967. The molecule has 9 rings (SSSR count). The Morgan fingerprint density at radius 2 is 1.14 bits per heavy atom. The van der Waals surface area contributed by atoms with Crippen LogP contribution >= 0.6 is 34.3 Å². The molecular weight excluding hydrogens is 1040 g/mol. The molecule has 8 aromatic rings. The molecule has 0 aliphatic carbocycles. The molecule has 402 valence electrons.